The van der Waals surface area contributed by atoms with Crippen LogP contribution in [0.1, 0.15) is 16.1 Å². The van der Waals surface area contributed by atoms with E-state index in [0.717, 1.165) is 12.0 Å². The molecule has 1 aliphatic rings. The smallest absolute Gasteiger partial charge is 0.299 e. The molecule has 1 aliphatic heterocycles. The van der Waals surface area contributed by atoms with E-state index in [1.807, 2.05) is 0 Å². The van der Waals surface area contributed by atoms with Crippen LogP contribution in [0.2, 0.25) is 0 Å². The van der Waals surface area contributed by atoms with E-state index in [1.165, 1.54) is 4.68 Å². The van der Waals surface area contributed by atoms with Crippen molar-refractivity contribution in [3.63, 3.8) is 0 Å². The minimum atomic E-state index is -0.0452. The normalized spacial score (nSPS) is 15.2. The molecule has 0 aromatic carbocycles. The highest BCUT2D eigenvalue weighted by Crippen LogP contribution is 2.26. The van der Waals surface area contributed by atoms with Crippen LogP contribution in [0.5, 0.6) is 0 Å². The Kier molecular flexibility index (Phi) is 1.78. The Balaban J connectivity index is 2.62. The number of carbonyl (C=O) groups excluding carboxylic acids is 1. The average molecular weight is 190 g/mol. The van der Waals surface area contributed by atoms with Crippen LogP contribution < -0.4 is 0 Å². The Bertz CT molecular complexity index is 440. The molecule has 0 fully saturated rings. The van der Waals surface area contributed by atoms with Crippen molar-refractivity contribution in [2.75, 3.05) is 13.6 Å². The van der Waals surface area contributed by atoms with Crippen molar-refractivity contribution in [1.29, 1.82) is 0 Å². The number of hydrogen-bond acceptors (Lipinski definition) is 2. The molecule has 1 aromatic rings. The minimum Gasteiger partial charge on any atom is -0.359 e. The number of aromatic nitrogens is 2. The number of carbonyl (C=O) groups is 1. The minimum absolute atomic E-state index is 0.0452. The van der Waals surface area contributed by atoms with Crippen molar-refractivity contribution in [1.82, 2.24) is 14.7 Å². The molecule has 0 unspecified atom stereocenters. The zero-order valence-corrected chi connectivity index (χ0v) is 8.11. The van der Waals surface area contributed by atoms with E-state index in [-0.39, 0.29) is 5.91 Å². The SMILES string of the molecule is [C-]#[N+]c1nn(C)c2c1CCN(C)C2=O. The third kappa shape index (κ3) is 1.01. The molecule has 2 rings (SSSR count). The van der Waals surface area contributed by atoms with Gasteiger partial charge >= 0.3 is 0 Å². The van der Waals surface area contributed by atoms with Crippen molar-refractivity contribution in [3.05, 3.63) is 22.7 Å². The van der Waals surface area contributed by atoms with Crippen LogP contribution >= 0.6 is 0 Å². The Morgan fingerprint density at radius 2 is 2.21 bits per heavy atom. The van der Waals surface area contributed by atoms with E-state index in [1.54, 1.807) is 19.0 Å². The van der Waals surface area contributed by atoms with Crippen LogP contribution in [0.25, 0.3) is 4.85 Å². The largest absolute Gasteiger partial charge is 0.359 e. The van der Waals surface area contributed by atoms with Gasteiger partial charge in [0.15, 0.2) is 0 Å². The molecule has 0 N–H and O–H groups in total. The fourth-order valence-electron chi connectivity index (χ4n) is 1.70. The van der Waals surface area contributed by atoms with Gasteiger partial charge in [-0.25, -0.2) is 0 Å². The first-order valence-corrected chi connectivity index (χ1v) is 4.34. The third-order valence-electron chi connectivity index (χ3n) is 2.48. The second kappa shape index (κ2) is 2.84. The van der Waals surface area contributed by atoms with Crippen LogP contribution in [0.4, 0.5) is 5.82 Å². The molecule has 0 spiro atoms. The lowest BCUT2D eigenvalue weighted by Crippen LogP contribution is -2.35. The number of aryl methyl sites for hydroxylation is 1. The molecule has 14 heavy (non-hydrogen) atoms. The summed E-state index contributed by atoms with van der Waals surface area (Å²) < 4.78 is 1.50. The van der Waals surface area contributed by atoms with Crippen molar-refractivity contribution in [2.45, 2.75) is 6.42 Å². The Hall–Kier alpha value is -1.83. The summed E-state index contributed by atoms with van der Waals surface area (Å²) in [6.45, 7) is 7.60. The Morgan fingerprint density at radius 1 is 1.50 bits per heavy atom. The van der Waals surface area contributed by atoms with Gasteiger partial charge in [-0.2, -0.15) is 4.68 Å². The van der Waals surface area contributed by atoms with E-state index < -0.39 is 0 Å². The summed E-state index contributed by atoms with van der Waals surface area (Å²) in [7, 11) is 3.46. The van der Waals surface area contributed by atoms with Gasteiger partial charge in [0.2, 0.25) is 0 Å². The average Bonchev–Trinajstić information content (AvgIpc) is 2.49. The molecule has 0 saturated heterocycles. The summed E-state index contributed by atoms with van der Waals surface area (Å²) >= 11 is 0. The fraction of sp³-hybridized carbons (Fsp3) is 0.444. The lowest BCUT2D eigenvalue weighted by atomic mass is 10.1. The zero-order valence-electron chi connectivity index (χ0n) is 8.11. The maximum absolute atomic E-state index is 11.7. The van der Waals surface area contributed by atoms with Gasteiger partial charge in [-0.1, -0.05) is 6.57 Å². The Labute approximate surface area is 81.7 Å². The molecule has 0 aliphatic carbocycles. The highest BCUT2D eigenvalue weighted by atomic mass is 16.2. The van der Waals surface area contributed by atoms with Crippen molar-refractivity contribution >= 4 is 11.7 Å². The van der Waals surface area contributed by atoms with Gasteiger partial charge in [-0.15, -0.1) is 0 Å². The molecule has 2 heterocycles. The maximum atomic E-state index is 11.7. The molecule has 1 aromatic heterocycles. The third-order valence-corrected chi connectivity index (χ3v) is 2.48. The molecule has 0 saturated carbocycles. The van der Waals surface area contributed by atoms with Gasteiger partial charge in [-0.05, 0) is 11.5 Å². The van der Waals surface area contributed by atoms with Crippen LogP contribution in [-0.2, 0) is 13.5 Å². The number of likely N-dealkylation sites (N-methyl/N-ethyl adjacent to an activating group) is 1. The fourth-order valence-corrected chi connectivity index (χ4v) is 1.70. The van der Waals surface area contributed by atoms with Crippen LogP contribution in [0.3, 0.4) is 0 Å². The summed E-state index contributed by atoms with van der Waals surface area (Å²) in [6.07, 6.45) is 0.725. The number of fused-ring (bicyclic) bond motifs is 1. The lowest BCUT2D eigenvalue weighted by molar-refractivity contribution is 0.0769. The summed E-state index contributed by atoms with van der Waals surface area (Å²) in [4.78, 5) is 16.7. The predicted octanol–water partition coefficient (Wildman–Crippen LogP) is 0.599. The van der Waals surface area contributed by atoms with Crippen LogP contribution in [0.15, 0.2) is 0 Å². The number of hydrogen-bond donors (Lipinski definition) is 0. The van der Waals surface area contributed by atoms with Gasteiger partial charge < -0.3 is 9.74 Å². The van der Waals surface area contributed by atoms with Gasteiger partial charge in [-0.3, -0.25) is 4.79 Å². The van der Waals surface area contributed by atoms with Gasteiger partial charge in [0, 0.05) is 19.2 Å². The molecular weight excluding hydrogens is 180 g/mol. The van der Waals surface area contributed by atoms with Gasteiger partial charge in [0.25, 0.3) is 11.7 Å². The summed E-state index contributed by atoms with van der Waals surface area (Å²) in [5, 5.41) is 4.01. The first-order valence-electron chi connectivity index (χ1n) is 4.34. The first-order chi connectivity index (χ1) is 6.65. The second-order valence-corrected chi connectivity index (χ2v) is 3.36. The zero-order chi connectivity index (χ0) is 10.3. The Morgan fingerprint density at radius 3 is 2.86 bits per heavy atom. The number of rotatable bonds is 0. The van der Waals surface area contributed by atoms with E-state index in [4.69, 9.17) is 6.57 Å². The molecule has 5 heteroatoms. The van der Waals surface area contributed by atoms with E-state index in [2.05, 4.69) is 9.94 Å². The van der Waals surface area contributed by atoms with E-state index in [9.17, 15) is 4.79 Å². The number of amides is 1. The molecule has 0 atom stereocenters. The van der Waals surface area contributed by atoms with Crippen molar-refractivity contribution in [3.8, 4) is 0 Å². The maximum Gasteiger partial charge on any atom is 0.299 e. The quantitative estimate of drug-likeness (QED) is 0.562. The second-order valence-electron chi connectivity index (χ2n) is 3.36. The standard InChI is InChI=1S/C9H10N4O/c1-10-8-6-4-5-12(2)9(14)7(6)13(3)11-8/h4-5H2,2-3H3. The van der Waals surface area contributed by atoms with Crippen molar-refractivity contribution < 1.29 is 4.79 Å². The molecular formula is C9H10N4O. The highest BCUT2D eigenvalue weighted by Gasteiger charge is 2.29. The van der Waals surface area contributed by atoms with Gasteiger partial charge in [0.1, 0.15) is 5.69 Å². The number of nitrogens with zero attached hydrogens (tertiary/aromatic N) is 4. The topological polar surface area (TPSA) is 42.5 Å². The van der Waals surface area contributed by atoms with E-state index in [0.29, 0.717) is 18.1 Å². The molecule has 0 radical (unpaired) electrons. The lowest BCUT2D eigenvalue weighted by Gasteiger charge is -2.22. The van der Waals surface area contributed by atoms with E-state index >= 15 is 0 Å². The van der Waals surface area contributed by atoms with Crippen molar-refractivity contribution in [2.24, 2.45) is 7.05 Å². The van der Waals surface area contributed by atoms with Crippen LogP contribution in [0, 0.1) is 6.57 Å². The summed E-state index contributed by atoms with van der Waals surface area (Å²) in [6, 6.07) is 0. The molecule has 1 amide bonds. The van der Waals surface area contributed by atoms with Crippen LogP contribution in [-0.4, -0.2) is 34.2 Å². The summed E-state index contributed by atoms with van der Waals surface area (Å²) in [5.41, 5.74) is 1.36. The van der Waals surface area contributed by atoms with Gasteiger partial charge in [0.05, 0.1) is 7.05 Å². The molecule has 72 valence electrons. The monoisotopic (exact) mass is 190 g/mol. The molecule has 5 nitrogen and oxygen atoms in total. The predicted molar refractivity (Wildman–Crippen MR) is 50.1 cm³/mol. The summed E-state index contributed by atoms with van der Waals surface area (Å²) in [5.74, 6) is 0.320. The molecule has 0 bridgehead atoms. The highest BCUT2D eigenvalue weighted by molar-refractivity contribution is 5.96. The first kappa shape index (κ1) is 8.75.